The number of nitrogen functional groups attached to an aromatic ring is 1. The quantitative estimate of drug-likeness (QED) is 0.649. The van der Waals surface area contributed by atoms with Gasteiger partial charge in [0.15, 0.2) is 0 Å². The molecule has 0 radical (unpaired) electrons. The standard InChI is InChI=1S/C16H18N2O/c1-3-12-8-11(2)9-14(16(12)17)18-10-13-6-4-5-7-15(13)19/h4-10,19H,3,17H2,1-2H3. The van der Waals surface area contributed by atoms with Crippen LogP contribution >= 0.6 is 0 Å². The van der Waals surface area contributed by atoms with Gasteiger partial charge in [0.1, 0.15) is 5.75 Å². The molecule has 3 nitrogen and oxygen atoms in total. The lowest BCUT2D eigenvalue weighted by Gasteiger charge is -2.08. The van der Waals surface area contributed by atoms with Crippen LogP contribution in [0.5, 0.6) is 5.75 Å². The molecular formula is C16H18N2O. The highest BCUT2D eigenvalue weighted by Gasteiger charge is 2.04. The molecule has 3 heteroatoms. The summed E-state index contributed by atoms with van der Waals surface area (Å²) in [6.07, 6.45) is 2.52. The minimum Gasteiger partial charge on any atom is -0.507 e. The van der Waals surface area contributed by atoms with Gasteiger partial charge in [-0.15, -0.1) is 0 Å². The van der Waals surface area contributed by atoms with Crippen LogP contribution in [0.25, 0.3) is 0 Å². The van der Waals surface area contributed by atoms with Crippen molar-refractivity contribution in [3.05, 3.63) is 53.1 Å². The van der Waals surface area contributed by atoms with Gasteiger partial charge in [-0.05, 0) is 42.7 Å². The summed E-state index contributed by atoms with van der Waals surface area (Å²) in [5.41, 5.74) is 10.5. The van der Waals surface area contributed by atoms with E-state index < -0.39 is 0 Å². The van der Waals surface area contributed by atoms with E-state index in [0.29, 0.717) is 11.3 Å². The minimum atomic E-state index is 0.216. The third-order valence-corrected chi connectivity index (χ3v) is 3.05. The third-order valence-electron chi connectivity index (χ3n) is 3.05. The molecule has 0 aliphatic heterocycles. The van der Waals surface area contributed by atoms with Crippen molar-refractivity contribution < 1.29 is 5.11 Å². The van der Waals surface area contributed by atoms with Crippen LogP contribution in [0, 0.1) is 6.92 Å². The second-order valence-electron chi connectivity index (χ2n) is 4.53. The van der Waals surface area contributed by atoms with Crippen LogP contribution in [0.15, 0.2) is 41.4 Å². The van der Waals surface area contributed by atoms with Gasteiger partial charge >= 0.3 is 0 Å². The zero-order valence-corrected chi connectivity index (χ0v) is 11.2. The molecule has 98 valence electrons. The number of hydrogen-bond donors (Lipinski definition) is 2. The smallest absolute Gasteiger partial charge is 0.124 e. The summed E-state index contributed by atoms with van der Waals surface area (Å²) in [6.45, 7) is 4.10. The average Bonchev–Trinajstić information content (AvgIpc) is 2.41. The van der Waals surface area contributed by atoms with Gasteiger partial charge in [0.25, 0.3) is 0 Å². The monoisotopic (exact) mass is 254 g/mol. The highest BCUT2D eigenvalue weighted by Crippen LogP contribution is 2.28. The number of benzene rings is 2. The Morgan fingerprint density at radius 3 is 2.68 bits per heavy atom. The van der Waals surface area contributed by atoms with E-state index in [9.17, 15) is 5.11 Å². The number of para-hydroxylation sites is 1. The van der Waals surface area contributed by atoms with Gasteiger partial charge in [0, 0.05) is 11.8 Å². The summed E-state index contributed by atoms with van der Waals surface area (Å²) in [7, 11) is 0. The van der Waals surface area contributed by atoms with E-state index in [1.165, 1.54) is 0 Å². The first kappa shape index (κ1) is 13.1. The predicted molar refractivity (Wildman–Crippen MR) is 80.3 cm³/mol. The molecule has 2 aromatic carbocycles. The van der Waals surface area contributed by atoms with Crippen molar-refractivity contribution in [1.82, 2.24) is 0 Å². The Morgan fingerprint density at radius 1 is 1.26 bits per heavy atom. The Bertz CT molecular complexity index is 618. The molecule has 0 spiro atoms. The Balaban J connectivity index is 2.39. The van der Waals surface area contributed by atoms with Crippen LogP contribution in [0.3, 0.4) is 0 Å². The van der Waals surface area contributed by atoms with E-state index in [0.717, 1.165) is 23.2 Å². The number of aryl methyl sites for hydroxylation is 2. The summed E-state index contributed by atoms with van der Waals surface area (Å²) >= 11 is 0. The van der Waals surface area contributed by atoms with E-state index in [1.54, 1.807) is 18.3 Å². The van der Waals surface area contributed by atoms with Crippen LogP contribution in [-0.2, 0) is 6.42 Å². The van der Waals surface area contributed by atoms with Crippen molar-refractivity contribution >= 4 is 17.6 Å². The fraction of sp³-hybridized carbons (Fsp3) is 0.188. The molecule has 0 aliphatic carbocycles. The van der Waals surface area contributed by atoms with Gasteiger partial charge in [0.05, 0.1) is 11.4 Å². The molecule has 0 aliphatic rings. The molecule has 0 saturated heterocycles. The highest BCUT2D eigenvalue weighted by molar-refractivity contribution is 5.87. The second-order valence-corrected chi connectivity index (χ2v) is 4.53. The molecular weight excluding hydrogens is 236 g/mol. The largest absolute Gasteiger partial charge is 0.507 e. The van der Waals surface area contributed by atoms with Gasteiger partial charge in [-0.25, -0.2) is 0 Å². The lowest BCUT2D eigenvalue weighted by molar-refractivity contribution is 0.474. The molecule has 0 bridgehead atoms. The fourth-order valence-corrected chi connectivity index (χ4v) is 1.99. The highest BCUT2D eigenvalue weighted by atomic mass is 16.3. The summed E-state index contributed by atoms with van der Waals surface area (Å²) in [5.74, 6) is 0.216. The molecule has 2 rings (SSSR count). The van der Waals surface area contributed by atoms with E-state index in [-0.39, 0.29) is 5.75 Å². The summed E-state index contributed by atoms with van der Waals surface area (Å²) in [4.78, 5) is 4.40. The van der Waals surface area contributed by atoms with Crippen molar-refractivity contribution in [3.63, 3.8) is 0 Å². The SMILES string of the molecule is CCc1cc(C)cc(N=Cc2ccccc2O)c1N. The maximum Gasteiger partial charge on any atom is 0.124 e. The van der Waals surface area contributed by atoms with Gasteiger partial charge in [-0.3, -0.25) is 4.99 Å². The number of anilines is 1. The fourth-order valence-electron chi connectivity index (χ4n) is 1.99. The van der Waals surface area contributed by atoms with Gasteiger partial charge in [-0.1, -0.05) is 25.1 Å². The molecule has 0 amide bonds. The summed E-state index contributed by atoms with van der Waals surface area (Å²) < 4.78 is 0. The molecule has 0 atom stereocenters. The maximum atomic E-state index is 9.69. The Morgan fingerprint density at radius 2 is 2.00 bits per heavy atom. The number of phenolic OH excluding ortho intramolecular Hbond substituents is 1. The van der Waals surface area contributed by atoms with Gasteiger partial charge in [0.2, 0.25) is 0 Å². The van der Waals surface area contributed by atoms with Crippen molar-refractivity contribution in [2.24, 2.45) is 4.99 Å². The molecule has 0 heterocycles. The van der Waals surface area contributed by atoms with Crippen molar-refractivity contribution in [2.75, 3.05) is 5.73 Å². The first-order chi connectivity index (χ1) is 9.11. The molecule has 0 aromatic heterocycles. The molecule has 0 unspecified atom stereocenters. The molecule has 3 N–H and O–H groups in total. The Labute approximate surface area is 113 Å². The first-order valence-electron chi connectivity index (χ1n) is 6.33. The lowest BCUT2D eigenvalue weighted by atomic mass is 10.1. The first-order valence-corrected chi connectivity index (χ1v) is 6.33. The van der Waals surface area contributed by atoms with E-state index in [2.05, 4.69) is 18.0 Å². The molecule has 0 fully saturated rings. The minimum absolute atomic E-state index is 0.216. The van der Waals surface area contributed by atoms with Crippen LogP contribution in [-0.4, -0.2) is 11.3 Å². The molecule has 0 saturated carbocycles. The Kier molecular flexibility index (Phi) is 3.85. The number of nitrogens with zero attached hydrogens (tertiary/aromatic N) is 1. The van der Waals surface area contributed by atoms with E-state index in [4.69, 9.17) is 5.73 Å². The number of aromatic hydroxyl groups is 1. The maximum absolute atomic E-state index is 9.69. The number of phenols is 1. The van der Waals surface area contributed by atoms with Crippen LogP contribution < -0.4 is 5.73 Å². The summed E-state index contributed by atoms with van der Waals surface area (Å²) in [6, 6.07) is 11.1. The van der Waals surface area contributed by atoms with Crippen LogP contribution in [0.4, 0.5) is 11.4 Å². The molecule has 19 heavy (non-hydrogen) atoms. The third kappa shape index (κ3) is 2.94. The second kappa shape index (κ2) is 5.57. The average molecular weight is 254 g/mol. The number of rotatable bonds is 3. The topological polar surface area (TPSA) is 58.6 Å². The number of hydrogen-bond acceptors (Lipinski definition) is 3. The summed E-state index contributed by atoms with van der Waals surface area (Å²) in [5, 5.41) is 9.69. The normalized spacial score (nSPS) is 11.1. The zero-order valence-electron chi connectivity index (χ0n) is 11.2. The van der Waals surface area contributed by atoms with Crippen LogP contribution in [0.1, 0.15) is 23.6 Å². The predicted octanol–water partition coefficient (Wildman–Crippen LogP) is 3.60. The number of aliphatic imine (C=N–C) groups is 1. The van der Waals surface area contributed by atoms with Crippen molar-refractivity contribution in [3.8, 4) is 5.75 Å². The molecule has 2 aromatic rings. The Hall–Kier alpha value is -2.29. The van der Waals surface area contributed by atoms with Crippen molar-refractivity contribution in [2.45, 2.75) is 20.3 Å². The lowest BCUT2D eigenvalue weighted by Crippen LogP contribution is -1.94. The van der Waals surface area contributed by atoms with Gasteiger partial charge < -0.3 is 10.8 Å². The van der Waals surface area contributed by atoms with Crippen molar-refractivity contribution in [1.29, 1.82) is 0 Å². The number of nitrogens with two attached hydrogens (primary N) is 1. The zero-order chi connectivity index (χ0) is 13.8. The van der Waals surface area contributed by atoms with Gasteiger partial charge in [-0.2, -0.15) is 0 Å². The van der Waals surface area contributed by atoms with Crippen LogP contribution in [0.2, 0.25) is 0 Å². The van der Waals surface area contributed by atoms with E-state index >= 15 is 0 Å². The van der Waals surface area contributed by atoms with E-state index in [1.807, 2.05) is 25.1 Å².